The Bertz CT molecular complexity index is 971. The molecular formula is C22H24ClFN4O. The highest BCUT2D eigenvalue weighted by Gasteiger charge is 2.10. The van der Waals surface area contributed by atoms with Crippen LogP contribution in [-0.4, -0.2) is 41.1 Å². The van der Waals surface area contributed by atoms with Gasteiger partial charge in [-0.05, 0) is 81.4 Å². The highest BCUT2D eigenvalue weighted by atomic mass is 35.5. The zero-order chi connectivity index (χ0) is 20.8. The van der Waals surface area contributed by atoms with Crippen LogP contribution in [0.3, 0.4) is 0 Å². The summed E-state index contributed by atoms with van der Waals surface area (Å²) in [6.45, 7) is 2.95. The second-order valence-corrected chi connectivity index (χ2v) is 7.49. The predicted octanol–water partition coefficient (Wildman–Crippen LogP) is 4.68. The van der Waals surface area contributed by atoms with Crippen LogP contribution in [-0.2, 0) is 11.2 Å². The van der Waals surface area contributed by atoms with E-state index in [1.165, 1.54) is 12.1 Å². The third kappa shape index (κ3) is 5.89. The lowest BCUT2D eigenvalue weighted by Gasteiger charge is -2.16. The highest BCUT2D eigenvalue weighted by molar-refractivity contribution is 6.31. The first-order chi connectivity index (χ1) is 13.9. The van der Waals surface area contributed by atoms with Crippen LogP contribution in [0.4, 0.5) is 10.1 Å². The maximum Gasteiger partial charge on any atom is 0.238 e. The molecule has 3 rings (SSSR count). The fourth-order valence-corrected chi connectivity index (χ4v) is 3.23. The molecule has 0 saturated carbocycles. The smallest absolute Gasteiger partial charge is 0.238 e. The lowest BCUT2D eigenvalue weighted by molar-refractivity contribution is -0.117. The highest BCUT2D eigenvalue weighted by Crippen LogP contribution is 2.23. The van der Waals surface area contributed by atoms with E-state index in [1.807, 2.05) is 37.1 Å². The first-order valence-corrected chi connectivity index (χ1v) is 9.84. The van der Waals surface area contributed by atoms with Gasteiger partial charge in [0.25, 0.3) is 0 Å². The van der Waals surface area contributed by atoms with Gasteiger partial charge in [0.15, 0.2) is 0 Å². The van der Waals surface area contributed by atoms with Gasteiger partial charge < -0.3 is 5.32 Å². The number of aryl methyl sites for hydroxylation is 1. The van der Waals surface area contributed by atoms with Crippen LogP contribution in [0.5, 0.6) is 0 Å². The van der Waals surface area contributed by atoms with Crippen molar-refractivity contribution in [3.63, 3.8) is 0 Å². The van der Waals surface area contributed by atoms with E-state index in [4.69, 9.17) is 11.6 Å². The summed E-state index contributed by atoms with van der Waals surface area (Å²) in [5.41, 5.74) is 4.28. The molecule has 2 N–H and O–H groups in total. The van der Waals surface area contributed by atoms with Gasteiger partial charge in [0, 0.05) is 22.0 Å². The van der Waals surface area contributed by atoms with Gasteiger partial charge >= 0.3 is 0 Å². The van der Waals surface area contributed by atoms with Crippen molar-refractivity contribution in [2.45, 2.75) is 19.8 Å². The van der Waals surface area contributed by atoms with Crippen molar-refractivity contribution in [1.82, 2.24) is 15.1 Å². The van der Waals surface area contributed by atoms with Gasteiger partial charge in [-0.2, -0.15) is 5.10 Å². The van der Waals surface area contributed by atoms with E-state index in [-0.39, 0.29) is 11.7 Å². The summed E-state index contributed by atoms with van der Waals surface area (Å²) in [5, 5.41) is 10.9. The number of carbonyl (C=O) groups is 1. The second kappa shape index (κ2) is 9.67. The van der Waals surface area contributed by atoms with Gasteiger partial charge in [-0.15, -0.1) is 0 Å². The Labute approximate surface area is 174 Å². The van der Waals surface area contributed by atoms with E-state index in [0.29, 0.717) is 11.6 Å². The largest absolute Gasteiger partial charge is 0.325 e. The van der Waals surface area contributed by atoms with Gasteiger partial charge in [0.2, 0.25) is 5.91 Å². The van der Waals surface area contributed by atoms with E-state index < -0.39 is 0 Å². The molecule has 152 valence electrons. The van der Waals surface area contributed by atoms with Gasteiger partial charge in [-0.1, -0.05) is 17.7 Å². The number of nitrogens with one attached hydrogen (secondary N) is 2. The Kier molecular flexibility index (Phi) is 7.01. The van der Waals surface area contributed by atoms with Crippen molar-refractivity contribution < 1.29 is 9.18 Å². The molecule has 0 aliphatic heterocycles. The van der Waals surface area contributed by atoms with Crippen molar-refractivity contribution in [3.05, 3.63) is 70.6 Å². The topological polar surface area (TPSA) is 61.0 Å². The third-order valence-electron chi connectivity index (χ3n) is 4.71. The third-order valence-corrected chi connectivity index (χ3v) is 5.12. The fourth-order valence-electron chi connectivity index (χ4n) is 3.05. The zero-order valence-corrected chi connectivity index (χ0v) is 17.3. The monoisotopic (exact) mass is 414 g/mol. The van der Waals surface area contributed by atoms with Crippen LogP contribution in [0.1, 0.15) is 17.7 Å². The Balaban J connectivity index is 1.44. The van der Waals surface area contributed by atoms with E-state index in [9.17, 15) is 9.18 Å². The molecule has 0 fully saturated rings. The molecule has 0 atom stereocenters. The number of nitrogens with zero attached hydrogens (tertiary/aromatic N) is 2. The van der Waals surface area contributed by atoms with Crippen LogP contribution >= 0.6 is 11.6 Å². The van der Waals surface area contributed by atoms with Gasteiger partial charge in [0.1, 0.15) is 5.82 Å². The summed E-state index contributed by atoms with van der Waals surface area (Å²) >= 11 is 6.09. The number of likely N-dealkylation sites (N-methyl/N-ethyl adjacent to an activating group) is 1. The predicted molar refractivity (Wildman–Crippen MR) is 115 cm³/mol. The summed E-state index contributed by atoms with van der Waals surface area (Å²) in [7, 11) is 1.92. The van der Waals surface area contributed by atoms with Crippen molar-refractivity contribution in [1.29, 1.82) is 0 Å². The summed E-state index contributed by atoms with van der Waals surface area (Å²) in [4.78, 5) is 14.2. The number of anilines is 1. The molecule has 2 aromatic carbocycles. The van der Waals surface area contributed by atoms with Crippen molar-refractivity contribution >= 4 is 23.2 Å². The molecule has 0 bridgehead atoms. The van der Waals surface area contributed by atoms with Gasteiger partial charge in [-0.25, -0.2) is 4.39 Å². The van der Waals surface area contributed by atoms with Crippen LogP contribution in [0.15, 0.2) is 48.5 Å². The van der Waals surface area contributed by atoms with Crippen molar-refractivity contribution in [3.8, 4) is 11.3 Å². The molecule has 1 amide bonds. The summed E-state index contributed by atoms with van der Waals surface area (Å²) in [5.74, 6) is -0.333. The lowest BCUT2D eigenvalue weighted by atomic mass is 10.1. The molecule has 1 aromatic heterocycles. The number of hydrogen-bond acceptors (Lipinski definition) is 3. The first-order valence-electron chi connectivity index (χ1n) is 9.46. The number of aromatic nitrogens is 2. The standard InChI is InChI=1S/C22H24ClFN4O/c1-15-19(23)6-3-7-20(15)25-22(29)14-28(2)12-4-5-18-13-21(27-26-18)16-8-10-17(24)11-9-16/h3,6-11,13H,4-5,12,14H2,1-2H3,(H,25,29)(H,26,27). The fraction of sp³-hybridized carbons (Fsp3) is 0.273. The number of amides is 1. The Morgan fingerprint density at radius 2 is 2.00 bits per heavy atom. The summed E-state index contributed by atoms with van der Waals surface area (Å²) in [6.07, 6.45) is 1.69. The number of benzene rings is 2. The maximum absolute atomic E-state index is 13.0. The first kappa shape index (κ1) is 21.0. The minimum absolute atomic E-state index is 0.0713. The number of halogens is 2. The number of rotatable bonds is 8. The minimum Gasteiger partial charge on any atom is -0.325 e. The Hall–Kier alpha value is -2.70. The lowest BCUT2D eigenvalue weighted by Crippen LogP contribution is -2.31. The number of hydrogen-bond donors (Lipinski definition) is 2. The van der Waals surface area contributed by atoms with Gasteiger partial charge in [-0.3, -0.25) is 14.8 Å². The zero-order valence-electron chi connectivity index (χ0n) is 16.5. The van der Waals surface area contributed by atoms with E-state index in [2.05, 4.69) is 15.5 Å². The minimum atomic E-state index is -0.262. The number of H-pyrrole nitrogens is 1. The molecule has 7 heteroatoms. The average molecular weight is 415 g/mol. The van der Waals surface area contributed by atoms with E-state index in [0.717, 1.165) is 47.6 Å². The van der Waals surface area contributed by atoms with Crippen LogP contribution in [0.2, 0.25) is 5.02 Å². The molecule has 5 nitrogen and oxygen atoms in total. The SMILES string of the molecule is Cc1c(Cl)cccc1NC(=O)CN(C)CCCc1cc(-c2ccc(F)cc2)n[nH]1. The molecule has 0 radical (unpaired) electrons. The van der Waals surface area contributed by atoms with Crippen molar-refractivity contribution in [2.75, 3.05) is 25.5 Å². The molecular weight excluding hydrogens is 391 g/mol. The number of aromatic amines is 1. The molecule has 3 aromatic rings. The molecule has 29 heavy (non-hydrogen) atoms. The molecule has 0 spiro atoms. The second-order valence-electron chi connectivity index (χ2n) is 7.09. The molecule has 0 aliphatic rings. The van der Waals surface area contributed by atoms with Gasteiger partial charge in [0.05, 0.1) is 12.2 Å². The molecule has 0 saturated heterocycles. The van der Waals surface area contributed by atoms with Crippen LogP contribution < -0.4 is 5.32 Å². The quantitative estimate of drug-likeness (QED) is 0.562. The maximum atomic E-state index is 13.0. The normalized spacial score (nSPS) is 11.1. The Morgan fingerprint density at radius 3 is 2.76 bits per heavy atom. The summed E-state index contributed by atoms with van der Waals surface area (Å²) in [6, 6.07) is 13.7. The van der Waals surface area contributed by atoms with E-state index >= 15 is 0 Å². The Morgan fingerprint density at radius 1 is 1.24 bits per heavy atom. The number of carbonyl (C=O) groups excluding carboxylic acids is 1. The molecule has 0 unspecified atom stereocenters. The van der Waals surface area contributed by atoms with Crippen LogP contribution in [0, 0.1) is 12.7 Å². The molecule has 0 aliphatic carbocycles. The van der Waals surface area contributed by atoms with E-state index in [1.54, 1.807) is 18.2 Å². The summed E-state index contributed by atoms with van der Waals surface area (Å²) < 4.78 is 13.0. The molecule has 1 heterocycles. The average Bonchev–Trinajstić information content (AvgIpc) is 3.15. The van der Waals surface area contributed by atoms with Crippen LogP contribution in [0.25, 0.3) is 11.3 Å². The van der Waals surface area contributed by atoms with Crippen molar-refractivity contribution in [2.24, 2.45) is 0 Å².